The first kappa shape index (κ1) is 17.9. The summed E-state index contributed by atoms with van der Waals surface area (Å²) in [6.45, 7) is 7.81. The number of carbonyl (C=O) groups excluding carboxylic acids is 1. The summed E-state index contributed by atoms with van der Waals surface area (Å²) >= 11 is 0. The lowest BCUT2D eigenvalue weighted by molar-refractivity contribution is 0.208. The highest BCUT2D eigenvalue weighted by Crippen LogP contribution is 2.15. The van der Waals surface area contributed by atoms with Crippen LogP contribution in [0.4, 0.5) is 10.5 Å². The normalized spacial score (nSPS) is 13.4. The Morgan fingerprint density at radius 2 is 2.12 bits per heavy atom. The van der Waals surface area contributed by atoms with Gasteiger partial charge in [0, 0.05) is 17.8 Å². The Hall–Kier alpha value is -2.41. The number of aliphatic hydroxyl groups is 1. The van der Waals surface area contributed by atoms with Crippen LogP contribution in [0.5, 0.6) is 0 Å². The highest BCUT2D eigenvalue weighted by molar-refractivity contribution is 5.89. The molecule has 7 nitrogen and oxygen atoms in total. The Kier molecular flexibility index (Phi) is 5.56. The number of urea groups is 1. The van der Waals surface area contributed by atoms with Crippen LogP contribution in [0.3, 0.4) is 0 Å². The van der Waals surface area contributed by atoms with Gasteiger partial charge in [0.1, 0.15) is 0 Å². The largest absolute Gasteiger partial charge is 0.396 e. The fraction of sp³-hybridized carbons (Fsp3) is 0.471. The molecule has 0 fully saturated rings. The minimum Gasteiger partial charge on any atom is -0.396 e. The molecule has 0 radical (unpaired) electrons. The summed E-state index contributed by atoms with van der Waals surface area (Å²) in [5.74, 6) is 0.699. The maximum Gasteiger partial charge on any atom is 0.319 e. The molecule has 3 N–H and O–H groups in total. The average molecular weight is 331 g/mol. The first-order valence-corrected chi connectivity index (χ1v) is 8.06. The first-order valence-electron chi connectivity index (χ1n) is 8.06. The standard InChI is InChI=1S/C17H25N5O2/c1-5-17(4,8-9-23)20-16(24)19-14-6-7-15(18-11-14)22-13(3)10-12(2)21-22/h6-7,10-11,23H,5,8-9H2,1-4H3,(H2,19,20,24). The van der Waals surface area contributed by atoms with Crippen LogP contribution < -0.4 is 10.6 Å². The zero-order valence-corrected chi connectivity index (χ0v) is 14.6. The van der Waals surface area contributed by atoms with E-state index in [4.69, 9.17) is 5.11 Å². The van der Waals surface area contributed by atoms with Gasteiger partial charge in [-0.1, -0.05) is 6.92 Å². The zero-order valence-electron chi connectivity index (χ0n) is 14.6. The van der Waals surface area contributed by atoms with Crippen LogP contribution >= 0.6 is 0 Å². The van der Waals surface area contributed by atoms with Gasteiger partial charge in [0.15, 0.2) is 5.82 Å². The summed E-state index contributed by atoms with van der Waals surface area (Å²) in [5.41, 5.74) is 2.09. The zero-order chi connectivity index (χ0) is 17.7. The molecule has 0 spiro atoms. The molecule has 2 rings (SSSR count). The molecule has 2 heterocycles. The number of nitrogens with one attached hydrogen (secondary N) is 2. The third-order valence-corrected chi connectivity index (χ3v) is 4.09. The number of rotatable bonds is 6. The second kappa shape index (κ2) is 7.44. The van der Waals surface area contributed by atoms with Crippen LogP contribution in [-0.2, 0) is 0 Å². The van der Waals surface area contributed by atoms with E-state index in [0.717, 1.165) is 17.8 Å². The van der Waals surface area contributed by atoms with Crippen molar-refractivity contribution in [3.8, 4) is 5.82 Å². The van der Waals surface area contributed by atoms with Gasteiger partial charge in [-0.15, -0.1) is 0 Å². The van der Waals surface area contributed by atoms with E-state index in [1.54, 1.807) is 16.9 Å². The second-order valence-corrected chi connectivity index (χ2v) is 6.21. The van der Waals surface area contributed by atoms with E-state index < -0.39 is 5.54 Å². The van der Waals surface area contributed by atoms with Crippen molar-refractivity contribution in [2.24, 2.45) is 0 Å². The maximum absolute atomic E-state index is 12.1. The van der Waals surface area contributed by atoms with Crippen molar-refractivity contribution in [3.05, 3.63) is 35.8 Å². The Morgan fingerprint density at radius 3 is 2.62 bits per heavy atom. The Balaban J connectivity index is 2.03. The Morgan fingerprint density at radius 1 is 1.38 bits per heavy atom. The summed E-state index contributed by atoms with van der Waals surface area (Å²) < 4.78 is 1.76. The monoisotopic (exact) mass is 331 g/mol. The quantitative estimate of drug-likeness (QED) is 0.758. The van der Waals surface area contributed by atoms with Gasteiger partial charge in [0.05, 0.1) is 17.6 Å². The van der Waals surface area contributed by atoms with E-state index in [0.29, 0.717) is 17.9 Å². The molecule has 0 aliphatic rings. The lowest BCUT2D eigenvalue weighted by Crippen LogP contribution is -2.48. The summed E-state index contributed by atoms with van der Waals surface area (Å²) in [7, 11) is 0. The van der Waals surface area contributed by atoms with Gasteiger partial charge in [0.2, 0.25) is 0 Å². The van der Waals surface area contributed by atoms with Gasteiger partial charge in [0.25, 0.3) is 0 Å². The number of pyridine rings is 1. The van der Waals surface area contributed by atoms with Crippen LogP contribution in [0.1, 0.15) is 38.1 Å². The SMILES string of the molecule is CCC(C)(CCO)NC(=O)Nc1ccc(-n2nc(C)cc2C)nc1. The molecule has 0 aliphatic heterocycles. The predicted molar refractivity (Wildman–Crippen MR) is 93.4 cm³/mol. The van der Waals surface area contributed by atoms with Gasteiger partial charge in [-0.3, -0.25) is 0 Å². The highest BCUT2D eigenvalue weighted by atomic mass is 16.3. The number of hydrogen-bond acceptors (Lipinski definition) is 4. The molecule has 0 saturated heterocycles. The molecule has 0 aliphatic carbocycles. The molecule has 130 valence electrons. The fourth-order valence-corrected chi connectivity index (χ4v) is 2.46. The molecule has 24 heavy (non-hydrogen) atoms. The fourth-order valence-electron chi connectivity index (χ4n) is 2.46. The van der Waals surface area contributed by atoms with E-state index in [-0.39, 0.29) is 12.6 Å². The van der Waals surface area contributed by atoms with Crippen LogP contribution in [0.15, 0.2) is 24.4 Å². The van der Waals surface area contributed by atoms with E-state index in [9.17, 15) is 4.79 Å². The molecular weight excluding hydrogens is 306 g/mol. The van der Waals surface area contributed by atoms with Crippen molar-refractivity contribution in [1.29, 1.82) is 0 Å². The summed E-state index contributed by atoms with van der Waals surface area (Å²) in [6.07, 6.45) is 2.84. The molecular formula is C17H25N5O2. The molecule has 0 aromatic carbocycles. The Bertz CT molecular complexity index is 696. The van der Waals surface area contributed by atoms with Crippen molar-refractivity contribution in [2.75, 3.05) is 11.9 Å². The van der Waals surface area contributed by atoms with Crippen molar-refractivity contribution in [2.45, 2.75) is 46.1 Å². The van der Waals surface area contributed by atoms with Gasteiger partial charge in [-0.25, -0.2) is 14.5 Å². The smallest absolute Gasteiger partial charge is 0.319 e. The first-order chi connectivity index (χ1) is 11.4. The lowest BCUT2D eigenvalue weighted by atomic mass is 9.95. The lowest BCUT2D eigenvalue weighted by Gasteiger charge is -2.28. The molecule has 1 atom stereocenters. The summed E-state index contributed by atoms with van der Waals surface area (Å²) in [5, 5.41) is 19.2. The number of aromatic nitrogens is 3. The van der Waals surface area contributed by atoms with Crippen LogP contribution in [0, 0.1) is 13.8 Å². The average Bonchev–Trinajstić information content (AvgIpc) is 2.86. The number of anilines is 1. The minimum absolute atomic E-state index is 0.0313. The van der Waals surface area contributed by atoms with Crippen LogP contribution in [0.25, 0.3) is 5.82 Å². The topological polar surface area (TPSA) is 92.1 Å². The number of hydrogen-bond donors (Lipinski definition) is 3. The van der Waals surface area contributed by atoms with E-state index in [1.165, 1.54) is 0 Å². The summed E-state index contributed by atoms with van der Waals surface area (Å²) in [4.78, 5) is 16.5. The van der Waals surface area contributed by atoms with Gasteiger partial charge in [-0.05, 0) is 51.8 Å². The van der Waals surface area contributed by atoms with Gasteiger partial charge in [-0.2, -0.15) is 5.10 Å². The molecule has 2 aromatic rings. The van der Waals surface area contributed by atoms with Crippen LogP contribution in [-0.4, -0.2) is 38.0 Å². The van der Waals surface area contributed by atoms with Crippen LogP contribution in [0.2, 0.25) is 0 Å². The number of amides is 2. The Labute approximate surface area is 142 Å². The molecule has 2 aromatic heterocycles. The summed E-state index contributed by atoms with van der Waals surface area (Å²) in [6, 6.07) is 5.26. The highest BCUT2D eigenvalue weighted by Gasteiger charge is 2.23. The van der Waals surface area contributed by atoms with Crippen molar-refractivity contribution >= 4 is 11.7 Å². The van der Waals surface area contributed by atoms with E-state index in [1.807, 2.05) is 39.8 Å². The van der Waals surface area contributed by atoms with Gasteiger partial charge >= 0.3 is 6.03 Å². The number of carbonyl (C=O) groups is 1. The maximum atomic E-state index is 12.1. The van der Waals surface area contributed by atoms with E-state index in [2.05, 4.69) is 20.7 Å². The van der Waals surface area contributed by atoms with Crippen molar-refractivity contribution in [3.63, 3.8) is 0 Å². The molecule has 0 saturated carbocycles. The number of nitrogens with zero attached hydrogens (tertiary/aromatic N) is 3. The third-order valence-electron chi connectivity index (χ3n) is 4.09. The van der Waals surface area contributed by atoms with Crippen molar-refractivity contribution < 1.29 is 9.90 Å². The number of aryl methyl sites for hydroxylation is 2. The predicted octanol–water partition coefficient (Wildman–Crippen LogP) is 2.56. The molecule has 1 unspecified atom stereocenters. The molecule has 0 bridgehead atoms. The number of aliphatic hydroxyl groups excluding tert-OH is 1. The van der Waals surface area contributed by atoms with E-state index >= 15 is 0 Å². The molecule has 7 heteroatoms. The minimum atomic E-state index is -0.435. The second-order valence-electron chi connectivity index (χ2n) is 6.21. The molecule has 2 amide bonds. The van der Waals surface area contributed by atoms with Gasteiger partial charge < -0.3 is 15.7 Å². The third kappa shape index (κ3) is 4.32. The van der Waals surface area contributed by atoms with Crippen molar-refractivity contribution in [1.82, 2.24) is 20.1 Å².